The summed E-state index contributed by atoms with van der Waals surface area (Å²) in [5.74, 6) is 0. The number of piperidine rings is 1. The van der Waals surface area contributed by atoms with Crippen molar-refractivity contribution in [3.63, 3.8) is 0 Å². The molecule has 0 bridgehead atoms. The maximum absolute atomic E-state index is 6.09. The summed E-state index contributed by atoms with van der Waals surface area (Å²) >= 11 is 0. The quantitative estimate of drug-likeness (QED) is 0.775. The van der Waals surface area contributed by atoms with Crippen LogP contribution in [0.2, 0.25) is 0 Å². The molecular formula is C15H23NO. The molecule has 1 aromatic carbocycles. The average molecular weight is 233 g/mol. The molecule has 1 fully saturated rings. The Bertz CT molecular complexity index is 342. The second kappa shape index (κ2) is 5.09. The van der Waals surface area contributed by atoms with Gasteiger partial charge >= 0.3 is 0 Å². The van der Waals surface area contributed by atoms with E-state index in [0.29, 0.717) is 6.10 Å². The number of hydrogen-bond donors (Lipinski definition) is 0. The molecule has 0 saturated carbocycles. The fourth-order valence-corrected chi connectivity index (χ4v) is 2.41. The van der Waals surface area contributed by atoms with Crippen LogP contribution in [-0.2, 0) is 4.74 Å². The predicted octanol–water partition coefficient (Wildman–Crippen LogP) is 3.47. The van der Waals surface area contributed by atoms with E-state index < -0.39 is 0 Å². The van der Waals surface area contributed by atoms with Gasteiger partial charge in [-0.2, -0.15) is 0 Å². The van der Waals surface area contributed by atoms with E-state index in [-0.39, 0.29) is 5.60 Å². The first-order valence-corrected chi connectivity index (χ1v) is 6.52. The molecule has 0 amide bonds. The topological polar surface area (TPSA) is 12.5 Å². The van der Waals surface area contributed by atoms with Gasteiger partial charge in [0.25, 0.3) is 0 Å². The molecule has 0 radical (unpaired) electrons. The summed E-state index contributed by atoms with van der Waals surface area (Å²) in [5, 5.41) is 0. The van der Waals surface area contributed by atoms with Crippen LogP contribution in [0, 0.1) is 0 Å². The Hall–Kier alpha value is -1.02. The summed E-state index contributed by atoms with van der Waals surface area (Å²) in [4.78, 5) is 2.43. The van der Waals surface area contributed by atoms with Crippen LogP contribution in [0.5, 0.6) is 0 Å². The summed E-state index contributed by atoms with van der Waals surface area (Å²) in [6.45, 7) is 8.56. The molecule has 0 N–H and O–H groups in total. The fourth-order valence-electron chi connectivity index (χ4n) is 2.41. The molecule has 2 heteroatoms. The molecule has 1 heterocycles. The lowest BCUT2D eigenvalue weighted by Gasteiger charge is -2.37. The van der Waals surface area contributed by atoms with Gasteiger partial charge in [-0.1, -0.05) is 18.2 Å². The van der Waals surface area contributed by atoms with E-state index in [1.807, 2.05) is 0 Å². The molecule has 0 aromatic heterocycles. The van der Waals surface area contributed by atoms with Crippen LogP contribution in [0.25, 0.3) is 0 Å². The molecule has 1 unspecified atom stereocenters. The SMILES string of the molecule is CC(C)(C)OC1CCCN(c2ccccc2)C1. The van der Waals surface area contributed by atoms with Gasteiger partial charge in [-0.15, -0.1) is 0 Å². The van der Waals surface area contributed by atoms with Crippen LogP contribution in [0.15, 0.2) is 30.3 Å². The Kier molecular flexibility index (Phi) is 3.72. The van der Waals surface area contributed by atoms with Crippen molar-refractivity contribution in [2.24, 2.45) is 0 Å². The molecule has 1 aliphatic heterocycles. The Morgan fingerprint density at radius 1 is 1.18 bits per heavy atom. The number of para-hydroxylation sites is 1. The highest BCUT2D eigenvalue weighted by Crippen LogP contribution is 2.23. The van der Waals surface area contributed by atoms with Crippen molar-refractivity contribution in [1.29, 1.82) is 0 Å². The third-order valence-electron chi connectivity index (χ3n) is 3.02. The molecule has 17 heavy (non-hydrogen) atoms. The van der Waals surface area contributed by atoms with Crippen molar-refractivity contribution >= 4 is 5.69 Å². The maximum Gasteiger partial charge on any atom is 0.0757 e. The number of ether oxygens (including phenoxy) is 1. The van der Waals surface area contributed by atoms with Crippen LogP contribution in [0.1, 0.15) is 33.6 Å². The first-order chi connectivity index (χ1) is 8.04. The third-order valence-corrected chi connectivity index (χ3v) is 3.02. The van der Waals surface area contributed by atoms with Crippen molar-refractivity contribution in [2.75, 3.05) is 18.0 Å². The van der Waals surface area contributed by atoms with Gasteiger partial charge in [-0.05, 0) is 45.7 Å². The summed E-state index contributed by atoms with van der Waals surface area (Å²) in [5.41, 5.74) is 1.28. The van der Waals surface area contributed by atoms with Crippen LogP contribution in [0.4, 0.5) is 5.69 Å². The zero-order valence-electron chi connectivity index (χ0n) is 11.1. The number of benzene rings is 1. The molecule has 1 aromatic rings. The first kappa shape index (κ1) is 12.4. The van der Waals surface area contributed by atoms with E-state index in [9.17, 15) is 0 Å². The highest BCUT2D eigenvalue weighted by Gasteiger charge is 2.24. The smallest absolute Gasteiger partial charge is 0.0757 e. The van der Waals surface area contributed by atoms with E-state index in [1.54, 1.807) is 0 Å². The largest absolute Gasteiger partial charge is 0.371 e. The molecule has 2 rings (SSSR count). The second-order valence-corrected chi connectivity index (χ2v) is 5.78. The Morgan fingerprint density at radius 3 is 2.53 bits per heavy atom. The van der Waals surface area contributed by atoms with Gasteiger partial charge in [0, 0.05) is 18.8 Å². The maximum atomic E-state index is 6.09. The fraction of sp³-hybridized carbons (Fsp3) is 0.600. The Labute approximate surface area is 105 Å². The van der Waals surface area contributed by atoms with Crippen molar-refractivity contribution in [3.8, 4) is 0 Å². The molecule has 94 valence electrons. The number of nitrogens with zero attached hydrogens (tertiary/aromatic N) is 1. The van der Waals surface area contributed by atoms with Gasteiger partial charge in [-0.25, -0.2) is 0 Å². The summed E-state index contributed by atoms with van der Waals surface area (Å²) in [7, 11) is 0. The van der Waals surface area contributed by atoms with Gasteiger partial charge < -0.3 is 9.64 Å². The minimum absolute atomic E-state index is 0.0373. The van der Waals surface area contributed by atoms with Gasteiger partial charge in [0.1, 0.15) is 0 Å². The summed E-state index contributed by atoms with van der Waals surface area (Å²) < 4.78 is 6.09. The molecule has 1 atom stereocenters. The standard InChI is InChI=1S/C15H23NO/c1-15(2,3)17-14-10-7-11-16(12-14)13-8-5-4-6-9-13/h4-6,8-9,14H,7,10-12H2,1-3H3. The molecule has 1 saturated heterocycles. The summed E-state index contributed by atoms with van der Waals surface area (Å²) in [6.07, 6.45) is 2.76. The molecule has 2 nitrogen and oxygen atoms in total. The monoisotopic (exact) mass is 233 g/mol. The van der Waals surface area contributed by atoms with Crippen molar-refractivity contribution < 1.29 is 4.74 Å². The van der Waals surface area contributed by atoms with Crippen LogP contribution >= 0.6 is 0 Å². The molecule has 0 spiro atoms. The molecule has 0 aliphatic carbocycles. The average Bonchev–Trinajstić information content (AvgIpc) is 2.28. The zero-order valence-corrected chi connectivity index (χ0v) is 11.1. The van der Waals surface area contributed by atoms with Crippen LogP contribution in [-0.4, -0.2) is 24.8 Å². The molecule has 1 aliphatic rings. The van der Waals surface area contributed by atoms with Crippen molar-refractivity contribution in [2.45, 2.75) is 45.3 Å². The third kappa shape index (κ3) is 3.74. The Morgan fingerprint density at radius 2 is 1.88 bits per heavy atom. The van der Waals surface area contributed by atoms with Crippen molar-refractivity contribution in [3.05, 3.63) is 30.3 Å². The van der Waals surface area contributed by atoms with Gasteiger partial charge in [-0.3, -0.25) is 0 Å². The van der Waals surface area contributed by atoms with Gasteiger partial charge in [0.2, 0.25) is 0 Å². The predicted molar refractivity (Wildman–Crippen MR) is 72.5 cm³/mol. The minimum atomic E-state index is -0.0373. The first-order valence-electron chi connectivity index (χ1n) is 6.52. The van der Waals surface area contributed by atoms with Crippen LogP contribution in [0.3, 0.4) is 0 Å². The molecular weight excluding hydrogens is 210 g/mol. The zero-order chi connectivity index (χ0) is 12.3. The number of anilines is 1. The highest BCUT2D eigenvalue weighted by molar-refractivity contribution is 5.46. The minimum Gasteiger partial charge on any atom is -0.371 e. The van der Waals surface area contributed by atoms with Gasteiger partial charge in [0.05, 0.1) is 11.7 Å². The lowest BCUT2D eigenvalue weighted by atomic mass is 10.1. The van der Waals surface area contributed by atoms with E-state index in [1.165, 1.54) is 18.5 Å². The van der Waals surface area contributed by atoms with E-state index in [4.69, 9.17) is 4.74 Å². The van der Waals surface area contributed by atoms with Crippen molar-refractivity contribution in [1.82, 2.24) is 0 Å². The van der Waals surface area contributed by atoms with E-state index in [2.05, 4.69) is 56.0 Å². The highest BCUT2D eigenvalue weighted by atomic mass is 16.5. The van der Waals surface area contributed by atoms with Gasteiger partial charge in [0.15, 0.2) is 0 Å². The van der Waals surface area contributed by atoms with Crippen LogP contribution < -0.4 is 4.90 Å². The Balaban J connectivity index is 1.98. The lowest BCUT2D eigenvalue weighted by molar-refractivity contribution is -0.0635. The second-order valence-electron chi connectivity index (χ2n) is 5.78. The normalized spacial score (nSPS) is 21.6. The number of rotatable bonds is 2. The number of hydrogen-bond acceptors (Lipinski definition) is 2. The lowest BCUT2D eigenvalue weighted by Crippen LogP contribution is -2.42. The van der Waals surface area contributed by atoms with E-state index in [0.717, 1.165) is 13.1 Å². The van der Waals surface area contributed by atoms with E-state index >= 15 is 0 Å². The summed E-state index contributed by atoms with van der Waals surface area (Å²) in [6, 6.07) is 10.6.